The SMILES string of the molecule is CSc1cc(CC2CCCN2)cc(Br)c1SC. The molecule has 1 N–H and O–H groups in total. The van der Waals surface area contributed by atoms with Crippen molar-refractivity contribution in [3.8, 4) is 0 Å². The van der Waals surface area contributed by atoms with E-state index in [0.717, 1.165) is 6.42 Å². The number of benzene rings is 1. The van der Waals surface area contributed by atoms with E-state index in [2.05, 4.69) is 45.9 Å². The van der Waals surface area contributed by atoms with Gasteiger partial charge >= 0.3 is 0 Å². The molecular formula is C13H18BrNS2. The molecule has 1 atom stereocenters. The summed E-state index contributed by atoms with van der Waals surface area (Å²) in [7, 11) is 0. The number of nitrogens with one attached hydrogen (secondary N) is 1. The first-order chi connectivity index (χ1) is 8.24. The zero-order valence-corrected chi connectivity index (χ0v) is 13.5. The third-order valence-electron chi connectivity index (χ3n) is 3.14. The summed E-state index contributed by atoms with van der Waals surface area (Å²) >= 11 is 7.34. The van der Waals surface area contributed by atoms with Crippen LogP contribution in [0.25, 0.3) is 0 Å². The highest BCUT2D eigenvalue weighted by molar-refractivity contribution is 9.10. The Morgan fingerprint density at radius 1 is 1.35 bits per heavy atom. The van der Waals surface area contributed by atoms with Crippen molar-refractivity contribution in [2.24, 2.45) is 0 Å². The third-order valence-corrected chi connectivity index (χ3v) is 5.76. The Bertz CT molecular complexity index is 389. The Hall–Kier alpha value is 0.360. The lowest BCUT2D eigenvalue weighted by atomic mass is 10.0. The Morgan fingerprint density at radius 3 is 2.76 bits per heavy atom. The van der Waals surface area contributed by atoms with Crippen LogP contribution >= 0.6 is 39.5 Å². The van der Waals surface area contributed by atoms with Crippen LogP contribution in [-0.2, 0) is 6.42 Å². The van der Waals surface area contributed by atoms with Gasteiger partial charge in [-0.2, -0.15) is 0 Å². The molecule has 2 rings (SSSR count). The molecule has 0 amide bonds. The Morgan fingerprint density at radius 2 is 2.18 bits per heavy atom. The van der Waals surface area contributed by atoms with Gasteiger partial charge in [0.25, 0.3) is 0 Å². The summed E-state index contributed by atoms with van der Waals surface area (Å²) in [6.07, 6.45) is 8.08. The summed E-state index contributed by atoms with van der Waals surface area (Å²) in [6, 6.07) is 5.31. The fraction of sp³-hybridized carbons (Fsp3) is 0.538. The molecule has 0 spiro atoms. The van der Waals surface area contributed by atoms with Gasteiger partial charge in [0.2, 0.25) is 0 Å². The third kappa shape index (κ3) is 3.43. The van der Waals surface area contributed by atoms with E-state index in [1.165, 1.54) is 39.2 Å². The second-order valence-corrected chi connectivity index (χ2v) is 6.83. The molecule has 0 aromatic heterocycles. The number of thioether (sulfide) groups is 2. The Labute approximate surface area is 121 Å². The lowest BCUT2D eigenvalue weighted by Gasteiger charge is -2.14. The fourth-order valence-electron chi connectivity index (χ4n) is 2.30. The van der Waals surface area contributed by atoms with Gasteiger partial charge in [0.1, 0.15) is 0 Å². The molecule has 1 fully saturated rings. The van der Waals surface area contributed by atoms with E-state index in [9.17, 15) is 0 Å². The average molecular weight is 332 g/mol. The lowest BCUT2D eigenvalue weighted by molar-refractivity contribution is 0.602. The molecule has 1 nitrogen and oxygen atoms in total. The predicted octanol–water partition coefficient (Wildman–Crippen LogP) is 4.19. The molecule has 0 bridgehead atoms. The van der Waals surface area contributed by atoms with E-state index in [1.807, 2.05) is 23.5 Å². The summed E-state index contributed by atoms with van der Waals surface area (Å²) in [5.74, 6) is 0. The standard InChI is InChI=1S/C13H18BrNS2/c1-16-12-8-9(6-10-4-3-5-15-10)7-11(14)13(12)17-2/h7-8,10,15H,3-6H2,1-2H3. The monoisotopic (exact) mass is 331 g/mol. The molecule has 1 unspecified atom stereocenters. The van der Waals surface area contributed by atoms with E-state index in [0.29, 0.717) is 6.04 Å². The minimum Gasteiger partial charge on any atom is -0.314 e. The van der Waals surface area contributed by atoms with Crippen LogP contribution in [0.15, 0.2) is 26.4 Å². The predicted molar refractivity (Wildman–Crippen MR) is 82.4 cm³/mol. The molecule has 1 aliphatic rings. The summed E-state index contributed by atoms with van der Waals surface area (Å²) in [4.78, 5) is 2.75. The molecule has 0 aliphatic carbocycles. The molecule has 0 saturated carbocycles. The summed E-state index contributed by atoms with van der Waals surface area (Å²) in [5.41, 5.74) is 1.44. The van der Waals surface area contributed by atoms with Gasteiger partial charge in [-0.3, -0.25) is 0 Å². The van der Waals surface area contributed by atoms with Crippen molar-refractivity contribution in [3.63, 3.8) is 0 Å². The van der Waals surface area contributed by atoms with Crippen molar-refractivity contribution < 1.29 is 0 Å². The van der Waals surface area contributed by atoms with Crippen molar-refractivity contribution in [1.82, 2.24) is 5.32 Å². The molecule has 0 radical (unpaired) electrons. The minimum atomic E-state index is 0.678. The highest BCUT2D eigenvalue weighted by atomic mass is 79.9. The van der Waals surface area contributed by atoms with Crippen LogP contribution in [0.1, 0.15) is 18.4 Å². The molecule has 1 aliphatic heterocycles. The van der Waals surface area contributed by atoms with Gasteiger partial charge < -0.3 is 5.32 Å². The maximum atomic E-state index is 3.69. The lowest BCUT2D eigenvalue weighted by Crippen LogP contribution is -2.23. The Balaban J connectivity index is 2.19. The van der Waals surface area contributed by atoms with Crippen LogP contribution in [-0.4, -0.2) is 25.1 Å². The van der Waals surface area contributed by atoms with E-state index in [4.69, 9.17) is 0 Å². The molecule has 1 aromatic carbocycles. The quantitative estimate of drug-likeness (QED) is 0.831. The van der Waals surface area contributed by atoms with Crippen molar-refractivity contribution in [3.05, 3.63) is 22.2 Å². The first-order valence-electron chi connectivity index (χ1n) is 5.88. The molecule has 17 heavy (non-hydrogen) atoms. The van der Waals surface area contributed by atoms with Gasteiger partial charge in [-0.25, -0.2) is 0 Å². The van der Waals surface area contributed by atoms with Crippen LogP contribution in [0.4, 0.5) is 0 Å². The largest absolute Gasteiger partial charge is 0.314 e. The minimum absolute atomic E-state index is 0.678. The van der Waals surface area contributed by atoms with Gasteiger partial charge in [0.05, 0.1) is 0 Å². The van der Waals surface area contributed by atoms with E-state index in [-0.39, 0.29) is 0 Å². The van der Waals surface area contributed by atoms with Crippen LogP contribution < -0.4 is 5.32 Å². The number of hydrogen-bond acceptors (Lipinski definition) is 3. The normalized spacial score (nSPS) is 19.8. The van der Waals surface area contributed by atoms with Crippen LogP contribution in [0.2, 0.25) is 0 Å². The van der Waals surface area contributed by atoms with Crippen molar-refractivity contribution in [1.29, 1.82) is 0 Å². The van der Waals surface area contributed by atoms with Gasteiger partial charge in [-0.1, -0.05) is 0 Å². The smallest absolute Gasteiger partial charge is 0.0348 e. The molecule has 94 valence electrons. The maximum Gasteiger partial charge on any atom is 0.0348 e. The summed E-state index contributed by atoms with van der Waals surface area (Å²) in [6.45, 7) is 1.18. The first kappa shape index (κ1) is 13.8. The van der Waals surface area contributed by atoms with Crippen LogP contribution in [0.5, 0.6) is 0 Å². The van der Waals surface area contributed by atoms with Gasteiger partial charge in [-0.05, 0) is 71.9 Å². The Kier molecular flexibility index (Phi) is 5.27. The van der Waals surface area contributed by atoms with E-state index in [1.54, 1.807) is 0 Å². The molecule has 4 heteroatoms. The summed E-state index contributed by atoms with van der Waals surface area (Å²) < 4.78 is 1.24. The van der Waals surface area contributed by atoms with Crippen molar-refractivity contribution in [2.45, 2.75) is 35.1 Å². The average Bonchev–Trinajstić information content (AvgIpc) is 2.81. The number of hydrogen-bond donors (Lipinski definition) is 1. The fourth-order valence-corrected chi connectivity index (χ4v) is 5.01. The molecular weight excluding hydrogens is 314 g/mol. The molecule has 1 saturated heterocycles. The zero-order valence-electron chi connectivity index (χ0n) is 10.3. The highest BCUT2D eigenvalue weighted by Gasteiger charge is 2.16. The van der Waals surface area contributed by atoms with E-state index < -0.39 is 0 Å². The highest BCUT2D eigenvalue weighted by Crippen LogP contribution is 2.36. The van der Waals surface area contributed by atoms with Gasteiger partial charge in [-0.15, -0.1) is 23.5 Å². The van der Waals surface area contributed by atoms with Crippen molar-refractivity contribution >= 4 is 39.5 Å². The zero-order chi connectivity index (χ0) is 12.3. The number of halogens is 1. The topological polar surface area (TPSA) is 12.0 Å². The van der Waals surface area contributed by atoms with Crippen molar-refractivity contribution in [2.75, 3.05) is 19.1 Å². The van der Waals surface area contributed by atoms with Crippen LogP contribution in [0, 0.1) is 0 Å². The molecule has 1 aromatic rings. The maximum absolute atomic E-state index is 3.69. The van der Waals surface area contributed by atoms with E-state index >= 15 is 0 Å². The van der Waals surface area contributed by atoms with Gasteiger partial charge in [0, 0.05) is 20.3 Å². The number of rotatable bonds is 4. The van der Waals surface area contributed by atoms with Crippen LogP contribution in [0.3, 0.4) is 0 Å². The first-order valence-corrected chi connectivity index (χ1v) is 9.12. The second kappa shape index (κ2) is 6.50. The van der Waals surface area contributed by atoms with Gasteiger partial charge in [0.15, 0.2) is 0 Å². The summed E-state index contributed by atoms with van der Waals surface area (Å²) in [5, 5.41) is 3.56. The second-order valence-electron chi connectivity index (χ2n) is 4.31. The molecule has 1 heterocycles.